The molecular weight excluding hydrogens is 296 g/mol. The fourth-order valence-corrected chi connectivity index (χ4v) is 2.66. The summed E-state index contributed by atoms with van der Waals surface area (Å²) in [4.78, 5) is 18.7. The monoisotopic (exact) mass is 310 g/mol. The van der Waals surface area contributed by atoms with Gasteiger partial charge in [0.15, 0.2) is 0 Å². The summed E-state index contributed by atoms with van der Waals surface area (Å²) < 4.78 is 0. The van der Waals surface area contributed by atoms with Crippen molar-refractivity contribution in [3.63, 3.8) is 0 Å². The number of carbonyl (C=O) groups excluding carboxylic acids is 1. The van der Waals surface area contributed by atoms with E-state index in [9.17, 15) is 4.79 Å². The van der Waals surface area contributed by atoms with Crippen LogP contribution in [0.2, 0.25) is 5.02 Å². The fourth-order valence-electron chi connectivity index (χ4n) is 2.45. The maximum atomic E-state index is 12.7. The molecule has 3 nitrogen and oxygen atoms in total. The van der Waals surface area contributed by atoms with Crippen molar-refractivity contribution in [2.75, 3.05) is 7.05 Å². The van der Waals surface area contributed by atoms with Crippen molar-refractivity contribution in [2.24, 2.45) is 0 Å². The van der Waals surface area contributed by atoms with Crippen LogP contribution in [0.15, 0.2) is 60.8 Å². The largest absolute Gasteiger partial charge is 0.337 e. The predicted octanol–water partition coefficient (Wildman–Crippen LogP) is 4.16. The number of nitrogens with zero attached hydrogens (tertiary/aromatic N) is 2. The molecule has 1 amide bonds. The number of halogens is 1. The second-order valence-corrected chi connectivity index (χ2v) is 5.55. The van der Waals surface area contributed by atoms with Gasteiger partial charge in [-0.25, -0.2) is 0 Å². The molecule has 110 valence electrons. The molecule has 0 saturated carbocycles. The Hall–Kier alpha value is -2.39. The number of benzene rings is 2. The van der Waals surface area contributed by atoms with E-state index in [4.69, 9.17) is 11.6 Å². The van der Waals surface area contributed by atoms with E-state index >= 15 is 0 Å². The topological polar surface area (TPSA) is 33.2 Å². The van der Waals surface area contributed by atoms with E-state index in [-0.39, 0.29) is 5.91 Å². The summed E-state index contributed by atoms with van der Waals surface area (Å²) >= 11 is 6.18. The van der Waals surface area contributed by atoms with E-state index in [0.717, 1.165) is 10.9 Å². The maximum Gasteiger partial charge on any atom is 0.256 e. The number of pyridine rings is 1. The Kier molecular flexibility index (Phi) is 4.07. The Labute approximate surface area is 134 Å². The second-order valence-electron chi connectivity index (χ2n) is 5.14. The van der Waals surface area contributed by atoms with Gasteiger partial charge in [0, 0.05) is 25.2 Å². The molecule has 0 bridgehead atoms. The van der Waals surface area contributed by atoms with E-state index in [1.165, 1.54) is 0 Å². The second kappa shape index (κ2) is 6.16. The highest BCUT2D eigenvalue weighted by molar-refractivity contribution is 6.36. The smallest absolute Gasteiger partial charge is 0.256 e. The van der Waals surface area contributed by atoms with Crippen molar-refractivity contribution < 1.29 is 4.79 Å². The van der Waals surface area contributed by atoms with Gasteiger partial charge in [-0.2, -0.15) is 0 Å². The first kappa shape index (κ1) is 14.5. The lowest BCUT2D eigenvalue weighted by molar-refractivity contribution is 0.0787. The van der Waals surface area contributed by atoms with Crippen LogP contribution in [0.4, 0.5) is 0 Å². The molecule has 0 saturated heterocycles. The van der Waals surface area contributed by atoms with Crippen molar-refractivity contribution in [3.05, 3.63) is 76.9 Å². The van der Waals surface area contributed by atoms with Crippen LogP contribution in [0, 0.1) is 0 Å². The SMILES string of the molecule is CN(Cc1ccccc1)C(=O)c1ccc(Cl)c2cccnc12. The zero-order valence-electron chi connectivity index (χ0n) is 12.2. The van der Waals surface area contributed by atoms with Crippen LogP contribution in [-0.2, 0) is 6.54 Å². The molecule has 0 aliphatic rings. The number of aromatic nitrogens is 1. The molecule has 0 aliphatic heterocycles. The molecule has 0 radical (unpaired) electrons. The fraction of sp³-hybridized carbons (Fsp3) is 0.111. The zero-order chi connectivity index (χ0) is 15.5. The molecule has 0 unspecified atom stereocenters. The zero-order valence-corrected chi connectivity index (χ0v) is 12.9. The molecule has 0 spiro atoms. The Bertz CT molecular complexity index is 818. The van der Waals surface area contributed by atoms with Gasteiger partial charge in [0.1, 0.15) is 0 Å². The molecule has 0 fully saturated rings. The first-order valence-corrected chi connectivity index (χ1v) is 7.37. The summed E-state index contributed by atoms with van der Waals surface area (Å²) in [6.45, 7) is 0.552. The van der Waals surface area contributed by atoms with Gasteiger partial charge in [0.2, 0.25) is 0 Å². The minimum atomic E-state index is -0.0655. The molecule has 3 aromatic rings. The van der Waals surface area contributed by atoms with Crippen molar-refractivity contribution >= 4 is 28.4 Å². The van der Waals surface area contributed by atoms with E-state index in [1.54, 1.807) is 30.3 Å². The third-order valence-electron chi connectivity index (χ3n) is 3.56. The van der Waals surface area contributed by atoms with Crippen LogP contribution >= 0.6 is 11.6 Å². The molecule has 0 aliphatic carbocycles. The minimum absolute atomic E-state index is 0.0655. The Morgan fingerprint density at radius 2 is 1.86 bits per heavy atom. The molecule has 0 N–H and O–H groups in total. The number of hydrogen-bond donors (Lipinski definition) is 0. The van der Waals surface area contributed by atoms with Crippen LogP contribution in [-0.4, -0.2) is 22.8 Å². The molecule has 3 rings (SSSR count). The van der Waals surface area contributed by atoms with Crippen molar-refractivity contribution in [2.45, 2.75) is 6.54 Å². The first-order valence-electron chi connectivity index (χ1n) is 6.99. The van der Waals surface area contributed by atoms with Crippen LogP contribution < -0.4 is 0 Å². The quantitative estimate of drug-likeness (QED) is 0.727. The molecule has 1 heterocycles. The summed E-state index contributed by atoms with van der Waals surface area (Å²) in [5.74, 6) is -0.0655. The number of hydrogen-bond acceptors (Lipinski definition) is 2. The molecule has 2 aromatic carbocycles. The summed E-state index contributed by atoms with van der Waals surface area (Å²) in [5, 5.41) is 1.40. The van der Waals surface area contributed by atoms with Gasteiger partial charge in [-0.05, 0) is 29.8 Å². The van der Waals surface area contributed by atoms with Crippen molar-refractivity contribution in [1.82, 2.24) is 9.88 Å². The number of rotatable bonds is 3. The first-order chi connectivity index (χ1) is 10.7. The van der Waals surface area contributed by atoms with Crippen LogP contribution in [0.1, 0.15) is 15.9 Å². The number of amides is 1. The van der Waals surface area contributed by atoms with Crippen molar-refractivity contribution in [3.8, 4) is 0 Å². The highest BCUT2D eigenvalue weighted by atomic mass is 35.5. The number of carbonyl (C=O) groups is 1. The van der Waals surface area contributed by atoms with E-state index in [0.29, 0.717) is 22.6 Å². The average Bonchev–Trinajstić information content (AvgIpc) is 2.56. The van der Waals surface area contributed by atoms with Gasteiger partial charge >= 0.3 is 0 Å². The number of fused-ring (bicyclic) bond motifs is 1. The predicted molar refractivity (Wildman–Crippen MR) is 89.0 cm³/mol. The van der Waals surface area contributed by atoms with Gasteiger partial charge in [-0.15, -0.1) is 0 Å². The molecule has 22 heavy (non-hydrogen) atoms. The van der Waals surface area contributed by atoms with E-state index < -0.39 is 0 Å². The third kappa shape index (κ3) is 2.81. The lowest BCUT2D eigenvalue weighted by atomic mass is 10.1. The van der Waals surface area contributed by atoms with Gasteiger partial charge < -0.3 is 4.90 Å². The van der Waals surface area contributed by atoms with Gasteiger partial charge in [-0.3, -0.25) is 9.78 Å². The molecular formula is C18H15ClN2O. The normalized spacial score (nSPS) is 10.6. The average molecular weight is 311 g/mol. The maximum absolute atomic E-state index is 12.7. The molecule has 0 atom stereocenters. The van der Waals surface area contributed by atoms with Crippen molar-refractivity contribution in [1.29, 1.82) is 0 Å². The Morgan fingerprint density at radius 3 is 2.64 bits per heavy atom. The lowest BCUT2D eigenvalue weighted by Crippen LogP contribution is -2.26. The van der Waals surface area contributed by atoms with Crippen LogP contribution in [0.5, 0.6) is 0 Å². The van der Waals surface area contributed by atoms with Gasteiger partial charge in [-0.1, -0.05) is 41.9 Å². The van der Waals surface area contributed by atoms with E-state index in [2.05, 4.69) is 4.98 Å². The summed E-state index contributed by atoms with van der Waals surface area (Å²) in [5.41, 5.74) is 2.29. The Balaban J connectivity index is 1.94. The van der Waals surface area contributed by atoms with Crippen LogP contribution in [0.3, 0.4) is 0 Å². The van der Waals surface area contributed by atoms with Gasteiger partial charge in [0.25, 0.3) is 5.91 Å². The minimum Gasteiger partial charge on any atom is -0.337 e. The standard InChI is InChI=1S/C18H15ClN2O/c1-21(12-13-6-3-2-4-7-13)18(22)15-9-10-16(19)14-8-5-11-20-17(14)15/h2-11H,12H2,1H3. The Morgan fingerprint density at radius 1 is 1.09 bits per heavy atom. The lowest BCUT2D eigenvalue weighted by Gasteiger charge is -2.18. The molecule has 4 heteroatoms. The summed E-state index contributed by atoms with van der Waals surface area (Å²) in [6.07, 6.45) is 1.67. The van der Waals surface area contributed by atoms with Gasteiger partial charge in [0.05, 0.1) is 16.1 Å². The summed E-state index contributed by atoms with van der Waals surface area (Å²) in [7, 11) is 1.79. The highest BCUT2D eigenvalue weighted by Gasteiger charge is 2.16. The summed E-state index contributed by atoms with van der Waals surface area (Å²) in [6, 6.07) is 17.1. The highest BCUT2D eigenvalue weighted by Crippen LogP contribution is 2.25. The molecule has 1 aromatic heterocycles. The van der Waals surface area contributed by atoms with Crippen LogP contribution in [0.25, 0.3) is 10.9 Å². The van der Waals surface area contributed by atoms with E-state index in [1.807, 2.05) is 42.5 Å². The third-order valence-corrected chi connectivity index (χ3v) is 3.89.